The van der Waals surface area contributed by atoms with Gasteiger partial charge in [0.15, 0.2) is 0 Å². The Morgan fingerprint density at radius 1 is 1.14 bits per heavy atom. The minimum Gasteiger partial charge on any atom is -0.392 e. The fraction of sp³-hybridized carbons (Fsp3) is 0.538. The molecule has 76 valence electrons. The van der Waals surface area contributed by atoms with Crippen LogP contribution in [0.1, 0.15) is 31.2 Å². The molecule has 1 aromatic carbocycles. The van der Waals surface area contributed by atoms with Gasteiger partial charge < -0.3 is 5.11 Å². The van der Waals surface area contributed by atoms with Crippen LogP contribution in [0, 0.1) is 5.92 Å². The van der Waals surface area contributed by atoms with Crippen LogP contribution >= 0.6 is 0 Å². The molecule has 1 atom stereocenters. The first kappa shape index (κ1) is 9.72. The van der Waals surface area contributed by atoms with Gasteiger partial charge in [0, 0.05) is 0 Å². The third kappa shape index (κ3) is 2.36. The van der Waals surface area contributed by atoms with Crippen molar-refractivity contribution in [1.82, 2.24) is 0 Å². The van der Waals surface area contributed by atoms with Crippen molar-refractivity contribution in [3.05, 3.63) is 35.9 Å². The summed E-state index contributed by atoms with van der Waals surface area (Å²) in [5, 5.41) is 10.0. The summed E-state index contributed by atoms with van der Waals surface area (Å²) < 4.78 is 0. The van der Waals surface area contributed by atoms with E-state index in [0.29, 0.717) is 5.92 Å². The maximum Gasteiger partial charge on any atom is 0.0608 e. The molecule has 1 fully saturated rings. The predicted molar refractivity (Wildman–Crippen MR) is 58.1 cm³/mol. The second-order valence-corrected chi connectivity index (χ2v) is 4.30. The van der Waals surface area contributed by atoms with Crippen molar-refractivity contribution in [2.45, 2.75) is 38.2 Å². The molecule has 1 heteroatoms. The standard InChI is InChI=1S/C13H18O/c14-13(12-8-4-5-9-12)10-11-6-2-1-3-7-11/h1-3,6-7,12-14H,4-5,8-10H2. The van der Waals surface area contributed by atoms with E-state index in [1.165, 1.54) is 31.2 Å². The van der Waals surface area contributed by atoms with Crippen LogP contribution in [-0.4, -0.2) is 11.2 Å². The van der Waals surface area contributed by atoms with Crippen molar-refractivity contribution in [3.63, 3.8) is 0 Å². The zero-order valence-corrected chi connectivity index (χ0v) is 8.52. The molecule has 0 amide bonds. The summed E-state index contributed by atoms with van der Waals surface area (Å²) in [6, 6.07) is 10.3. The fourth-order valence-corrected chi connectivity index (χ4v) is 2.36. The Morgan fingerprint density at radius 2 is 1.79 bits per heavy atom. The highest BCUT2D eigenvalue weighted by atomic mass is 16.3. The van der Waals surface area contributed by atoms with E-state index in [9.17, 15) is 5.11 Å². The molecule has 1 unspecified atom stereocenters. The van der Waals surface area contributed by atoms with Gasteiger partial charge in [-0.15, -0.1) is 0 Å². The Bertz CT molecular complexity index is 262. The lowest BCUT2D eigenvalue weighted by atomic mass is 9.95. The van der Waals surface area contributed by atoms with Gasteiger partial charge in [0.2, 0.25) is 0 Å². The van der Waals surface area contributed by atoms with Crippen LogP contribution in [0.3, 0.4) is 0 Å². The van der Waals surface area contributed by atoms with Gasteiger partial charge in [0.25, 0.3) is 0 Å². The monoisotopic (exact) mass is 190 g/mol. The van der Waals surface area contributed by atoms with Crippen molar-refractivity contribution in [2.75, 3.05) is 0 Å². The molecule has 1 aromatic rings. The number of rotatable bonds is 3. The average molecular weight is 190 g/mol. The minimum atomic E-state index is -0.125. The lowest BCUT2D eigenvalue weighted by Crippen LogP contribution is -2.20. The lowest BCUT2D eigenvalue weighted by molar-refractivity contribution is 0.111. The Balaban J connectivity index is 1.90. The summed E-state index contributed by atoms with van der Waals surface area (Å²) >= 11 is 0. The van der Waals surface area contributed by atoms with Crippen LogP contribution in [0.15, 0.2) is 30.3 Å². The third-order valence-corrected chi connectivity index (χ3v) is 3.23. The summed E-state index contributed by atoms with van der Waals surface area (Å²) in [5.74, 6) is 0.551. The Hall–Kier alpha value is -0.820. The van der Waals surface area contributed by atoms with E-state index >= 15 is 0 Å². The third-order valence-electron chi connectivity index (χ3n) is 3.23. The molecule has 2 rings (SSSR count). The second-order valence-electron chi connectivity index (χ2n) is 4.30. The van der Waals surface area contributed by atoms with E-state index < -0.39 is 0 Å². The van der Waals surface area contributed by atoms with Gasteiger partial charge in [-0.25, -0.2) is 0 Å². The molecule has 1 saturated carbocycles. The van der Waals surface area contributed by atoms with E-state index in [1.54, 1.807) is 0 Å². The summed E-state index contributed by atoms with van der Waals surface area (Å²) in [6.45, 7) is 0. The van der Waals surface area contributed by atoms with E-state index in [-0.39, 0.29) is 6.10 Å². The number of hydrogen-bond donors (Lipinski definition) is 1. The fourth-order valence-electron chi connectivity index (χ4n) is 2.36. The maximum atomic E-state index is 10.0. The van der Waals surface area contributed by atoms with Crippen LogP contribution < -0.4 is 0 Å². The van der Waals surface area contributed by atoms with E-state index in [1.807, 2.05) is 18.2 Å². The van der Waals surface area contributed by atoms with Crippen molar-refractivity contribution in [1.29, 1.82) is 0 Å². The maximum absolute atomic E-state index is 10.0. The molecule has 1 nitrogen and oxygen atoms in total. The summed E-state index contributed by atoms with van der Waals surface area (Å²) in [6.07, 6.45) is 5.74. The highest BCUT2D eigenvalue weighted by Crippen LogP contribution is 2.28. The van der Waals surface area contributed by atoms with Crippen molar-refractivity contribution >= 4 is 0 Å². The van der Waals surface area contributed by atoms with E-state index in [2.05, 4.69) is 12.1 Å². The molecule has 1 aliphatic carbocycles. The number of aliphatic hydroxyl groups is 1. The van der Waals surface area contributed by atoms with Crippen LogP contribution in [0.5, 0.6) is 0 Å². The molecule has 0 aromatic heterocycles. The molecule has 0 heterocycles. The Morgan fingerprint density at radius 3 is 2.43 bits per heavy atom. The molecule has 0 spiro atoms. The molecule has 14 heavy (non-hydrogen) atoms. The lowest BCUT2D eigenvalue weighted by Gasteiger charge is -2.17. The molecule has 1 aliphatic rings. The molecule has 0 aliphatic heterocycles. The molecule has 0 radical (unpaired) electrons. The largest absolute Gasteiger partial charge is 0.392 e. The second kappa shape index (κ2) is 4.61. The van der Waals surface area contributed by atoms with E-state index in [4.69, 9.17) is 0 Å². The first-order valence-electron chi connectivity index (χ1n) is 5.58. The number of hydrogen-bond acceptors (Lipinski definition) is 1. The Labute approximate surface area is 85.8 Å². The van der Waals surface area contributed by atoms with E-state index in [0.717, 1.165) is 6.42 Å². The number of benzene rings is 1. The van der Waals surface area contributed by atoms with Crippen molar-refractivity contribution < 1.29 is 5.11 Å². The van der Waals surface area contributed by atoms with Crippen LogP contribution in [0.4, 0.5) is 0 Å². The SMILES string of the molecule is OC(Cc1ccccc1)C1CCCC1. The Kier molecular flexibility index (Phi) is 3.20. The molecular formula is C13H18O. The summed E-state index contributed by atoms with van der Waals surface area (Å²) in [5.41, 5.74) is 1.26. The van der Waals surface area contributed by atoms with Gasteiger partial charge in [-0.2, -0.15) is 0 Å². The van der Waals surface area contributed by atoms with Gasteiger partial charge in [0.1, 0.15) is 0 Å². The van der Waals surface area contributed by atoms with Gasteiger partial charge in [0.05, 0.1) is 6.10 Å². The van der Waals surface area contributed by atoms with Crippen LogP contribution in [-0.2, 0) is 6.42 Å². The van der Waals surface area contributed by atoms with Crippen molar-refractivity contribution in [3.8, 4) is 0 Å². The van der Waals surface area contributed by atoms with Gasteiger partial charge >= 0.3 is 0 Å². The normalized spacial score (nSPS) is 19.8. The van der Waals surface area contributed by atoms with Crippen LogP contribution in [0.25, 0.3) is 0 Å². The first-order valence-corrected chi connectivity index (χ1v) is 5.58. The minimum absolute atomic E-state index is 0.125. The topological polar surface area (TPSA) is 20.2 Å². The first-order chi connectivity index (χ1) is 6.86. The molecular weight excluding hydrogens is 172 g/mol. The molecule has 1 N–H and O–H groups in total. The highest BCUT2D eigenvalue weighted by molar-refractivity contribution is 5.15. The quantitative estimate of drug-likeness (QED) is 0.777. The van der Waals surface area contributed by atoms with Crippen LogP contribution in [0.2, 0.25) is 0 Å². The smallest absolute Gasteiger partial charge is 0.0608 e. The molecule has 0 bridgehead atoms. The average Bonchev–Trinajstić information content (AvgIpc) is 2.72. The summed E-state index contributed by atoms with van der Waals surface area (Å²) in [4.78, 5) is 0. The van der Waals surface area contributed by atoms with Gasteiger partial charge in [-0.1, -0.05) is 43.2 Å². The van der Waals surface area contributed by atoms with Gasteiger partial charge in [-0.3, -0.25) is 0 Å². The van der Waals surface area contributed by atoms with Crippen molar-refractivity contribution in [2.24, 2.45) is 5.92 Å². The van der Waals surface area contributed by atoms with Gasteiger partial charge in [-0.05, 0) is 30.7 Å². The highest BCUT2D eigenvalue weighted by Gasteiger charge is 2.22. The predicted octanol–water partition coefficient (Wildman–Crippen LogP) is 2.78. The number of aliphatic hydroxyl groups excluding tert-OH is 1. The zero-order valence-electron chi connectivity index (χ0n) is 8.52. The molecule has 0 saturated heterocycles. The summed E-state index contributed by atoms with van der Waals surface area (Å²) in [7, 11) is 0. The zero-order chi connectivity index (χ0) is 9.80.